The van der Waals surface area contributed by atoms with Gasteiger partial charge in [-0.05, 0) is 81.9 Å². The molecule has 0 radical (unpaired) electrons. The highest BCUT2D eigenvalue weighted by Crippen LogP contribution is 2.37. The summed E-state index contributed by atoms with van der Waals surface area (Å²) in [6, 6.07) is 9.78. The summed E-state index contributed by atoms with van der Waals surface area (Å²) in [6.45, 7) is 6.51. The predicted octanol–water partition coefficient (Wildman–Crippen LogP) is 7.76. The molecule has 0 amide bonds. The average molecular weight is 599 g/mol. The van der Waals surface area contributed by atoms with Crippen molar-refractivity contribution in [3.8, 4) is 11.5 Å². The number of hydrogen-bond acceptors (Lipinski definition) is 5. The number of phenolic OH excluding ortho intramolecular Hbond substituents is 2. The highest BCUT2D eigenvalue weighted by atomic mass is 35.5. The molecular formula is C27H40Cl4N2O2S. The second-order valence-corrected chi connectivity index (χ2v) is 11.0. The van der Waals surface area contributed by atoms with Crippen molar-refractivity contribution >= 4 is 59.8 Å². The van der Waals surface area contributed by atoms with Crippen LogP contribution in [-0.4, -0.2) is 53.1 Å². The van der Waals surface area contributed by atoms with E-state index in [0.717, 1.165) is 78.1 Å². The number of unbranched alkanes of at least 4 members (excludes halogenated alkanes) is 3. The summed E-state index contributed by atoms with van der Waals surface area (Å²) in [4.78, 5) is 3.61. The Balaban J connectivity index is 0.00000324. The summed E-state index contributed by atoms with van der Waals surface area (Å²) in [7, 11) is 0. The standard InChI is InChI=1S/C27H38Cl2N2O2S.2ClH/c1-2-16-31(21-11-12-22-20(19-21)10-13-25(32)26(22)33)17-6-4-3-5-14-30-15-18-34-27-23(28)8-7-9-24(27)29;;/h7-10,13,21,30,32-33H,2-6,11-12,14-19H2,1H3;2*1H/t21-;;/m0../s1. The van der Waals surface area contributed by atoms with Crippen molar-refractivity contribution in [2.24, 2.45) is 0 Å². The monoisotopic (exact) mass is 596 g/mol. The van der Waals surface area contributed by atoms with Crippen LogP contribution < -0.4 is 5.32 Å². The Bertz CT molecular complexity index is 899. The van der Waals surface area contributed by atoms with E-state index >= 15 is 0 Å². The second-order valence-electron chi connectivity index (χ2n) is 9.07. The molecular weight excluding hydrogens is 558 g/mol. The van der Waals surface area contributed by atoms with Crippen molar-refractivity contribution in [3.63, 3.8) is 0 Å². The van der Waals surface area contributed by atoms with Crippen LogP contribution in [0.5, 0.6) is 11.5 Å². The highest BCUT2D eigenvalue weighted by Gasteiger charge is 2.26. The van der Waals surface area contributed by atoms with Crippen LogP contribution in [0.15, 0.2) is 35.2 Å². The fourth-order valence-electron chi connectivity index (χ4n) is 4.77. The molecule has 0 fully saturated rings. The number of fused-ring (bicyclic) bond motifs is 1. The van der Waals surface area contributed by atoms with E-state index in [1.165, 1.54) is 31.2 Å². The zero-order valence-electron chi connectivity index (χ0n) is 21.0. The number of aromatic hydroxyl groups is 2. The van der Waals surface area contributed by atoms with Crippen LogP contribution in [0.3, 0.4) is 0 Å². The molecule has 0 saturated carbocycles. The van der Waals surface area contributed by atoms with E-state index in [9.17, 15) is 10.2 Å². The molecule has 1 aliphatic carbocycles. The number of thioether (sulfide) groups is 1. The van der Waals surface area contributed by atoms with E-state index < -0.39 is 0 Å². The quantitative estimate of drug-likeness (QED) is 0.118. The molecule has 4 nitrogen and oxygen atoms in total. The molecule has 36 heavy (non-hydrogen) atoms. The first-order valence-corrected chi connectivity index (χ1v) is 14.3. The Morgan fingerprint density at radius 2 is 1.69 bits per heavy atom. The third kappa shape index (κ3) is 9.98. The largest absolute Gasteiger partial charge is 0.504 e. The Morgan fingerprint density at radius 1 is 0.972 bits per heavy atom. The van der Waals surface area contributed by atoms with Crippen LogP contribution in [0, 0.1) is 0 Å². The molecule has 2 aromatic carbocycles. The second kappa shape index (κ2) is 17.9. The lowest BCUT2D eigenvalue weighted by Crippen LogP contribution is -2.40. The van der Waals surface area contributed by atoms with Crippen molar-refractivity contribution in [1.82, 2.24) is 10.2 Å². The van der Waals surface area contributed by atoms with Gasteiger partial charge in [-0.1, -0.05) is 55.1 Å². The van der Waals surface area contributed by atoms with Crippen LogP contribution in [0.2, 0.25) is 10.0 Å². The van der Waals surface area contributed by atoms with E-state index in [0.29, 0.717) is 6.04 Å². The third-order valence-corrected chi connectivity index (χ3v) is 8.55. The first kappa shape index (κ1) is 33.5. The third-order valence-electron chi connectivity index (χ3n) is 6.56. The summed E-state index contributed by atoms with van der Waals surface area (Å²) < 4.78 is 0. The average Bonchev–Trinajstić information content (AvgIpc) is 2.83. The van der Waals surface area contributed by atoms with Gasteiger partial charge < -0.3 is 20.4 Å². The molecule has 0 aromatic heterocycles. The number of halogens is 4. The SMILES string of the molecule is CCCN(CCCCCCNCCSc1c(Cl)cccc1Cl)[C@H]1CCc2c(ccc(O)c2O)C1.Cl.Cl. The molecule has 0 aliphatic heterocycles. The molecule has 0 bridgehead atoms. The zero-order valence-corrected chi connectivity index (χ0v) is 24.9. The van der Waals surface area contributed by atoms with E-state index in [-0.39, 0.29) is 36.3 Å². The smallest absolute Gasteiger partial charge is 0.160 e. The Kier molecular flexibility index (Phi) is 16.6. The molecule has 2 aromatic rings. The number of nitrogens with zero attached hydrogens (tertiary/aromatic N) is 1. The fraction of sp³-hybridized carbons (Fsp3) is 0.556. The fourth-order valence-corrected chi connectivity index (χ4v) is 6.35. The van der Waals surface area contributed by atoms with Gasteiger partial charge in [0.25, 0.3) is 0 Å². The van der Waals surface area contributed by atoms with Crippen LogP contribution >= 0.6 is 59.8 Å². The van der Waals surface area contributed by atoms with Crippen LogP contribution in [0.25, 0.3) is 0 Å². The van der Waals surface area contributed by atoms with Gasteiger partial charge in [-0.2, -0.15) is 0 Å². The van der Waals surface area contributed by atoms with Crippen LogP contribution in [0.1, 0.15) is 56.6 Å². The van der Waals surface area contributed by atoms with Crippen LogP contribution in [0.4, 0.5) is 0 Å². The van der Waals surface area contributed by atoms with E-state index in [2.05, 4.69) is 17.1 Å². The maximum absolute atomic E-state index is 10.2. The lowest BCUT2D eigenvalue weighted by Gasteiger charge is -2.35. The van der Waals surface area contributed by atoms with E-state index in [4.69, 9.17) is 23.2 Å². The molecule has 1 atom stereocenters. The maximum Gasteiger partial charge on any atom is 0.160 e. The minimum Gasteiger partial charge on any atom is -0.504 e. The Morgan fingerprint density at radius 3 is 2.42 bits per heavy atom. The summed E-state index contributed by atoms with van der Waals surface area (Å²) in [5, 5.41) is 24.9. The van der Waals surface area contributed by atoms with Crippen molar-refractivity contribution < 1.29 is 10.2 Å². The predicted molar refractivity (Wildman–Crippen MR) is 160 cm³/mol. The highest BCUT2D eigenvalue weighted by molar-refractivity contribution is 7.99. The van der Waals surface area contributed by atoms with Crippen molar-refractivity contribution in [1.29, 1.82) is 0 Å². The molecule has 0 saturated heterocycles. The number of hydrogen-bond donors (Lipinski definition) is 3. The number of phenols is 2. The minimum absolute atomic E-state index is 0. The Hall–Kier alpha value is -0.530. The molecule has 3 N–H and O–H groups in total. The zero-order chi connectivity index (χ0) is 24.3. The van der Waals surface area contributed by atoms with Gasteiger partial charge in [-0.25, -0.2) is 0 Å². The summed E-state index contributed by atoms with van der Waals surface area (Å²) in [6.07, 6.45) is 8.94. The van der Waals surface area contributed by atoms with Gasteiger partial charge in [-0.3, -0.25) is 0 Å². The Labute approximate surface area is 243 Å². The van der Waals surface area contributed by atoms with Crippen LogP contribution in [-0.2, 0) is 12.8 Å². The minimum atomic E-state index is 0. The topological polar surface area (TPSA) is 55.7 Å². The molecule has 1 aliphatic rings. The molecule has 0 heterocycles. The summed E-state index contributed by atoms with van der Waals surface area (Å²) >= 11 is 14.1. The molecule has 9 heteroatoms. The van der Waals surface area contributed by atoms with Gasteiger partial charge in [0.05, 0.1) is 10.0 Å². The van der Waals surface area contributed by atoms with Gasteiger partial charge in [0.15, 0.2) is 11.5 Å². The molecule has 0 spiro atoms. The first-order chi connectivity index (χ1) is 16.5. The van der Waals surface area contributed by atoms with Crippen molar-refractivity contribution in [3.05, 3.63) is 51.5 Å². The normalized spacial score (nSPS) is 14.7. The number of rotatable bonds is 14. The molecule has 0 unspecified atom stereocenters. The lowest BCUT2D eigenvalue weighted by atomic mass is 9.86. The number of nitrogens with one attached hydrogen (secondary N) is 1. The van der Waals surface area contributed by atoms with Gasteiger partial charge >= 0.3 is 0 Å². The summed E-state index contributed by atoms with van der Waals surface area (Å²) in [5.41, 5.74) is 2.13. The van der Waals surface area contributed by atoms with Gasteiger partial charge in [0.2, 0.25) is 0 Å². The first-order valence-electron chi connectivity index (χ1n) is 12.6. The van der Waals surface area contributed by atoms with Gasteiger partial charge in [0, 0.05) is 28.8 Å². The van der Waals surface area contributed by atoms with Gasteiger partial charge in [-0.15, -0.1) is 36.6 Å². The van der Waals surface area contributed by atoms with Crippen molar-refractivity contribution in [2.75, 3.05) is 31.9 Å². The maximum atomic E-state index is 10.2. The number of benzene rings is 2. The summed E-state index contributed by atoms with van der Waals surface area (Å²) in [5.74, 6) is 1.04. The van der Waals surface area contributed by atoms with E-state index in [1.54, 1.807) is 17.8 Å². The van der Waals surface area contributed by atoms with Crippen molar-refractivity contribution in [2.45, 2.75) is 69.2 Å². The lowest BCUT2D eigenvalue weighted by molar-refractivity contribution is 0.175. The van der Waals surface area contributed by atoms with Gasteiger partial charge in [0.1, 0.15) is 0 Å². The van der Waals surface area contributed by atoms with E-state index in [1.807, 2.05) is 24.3 Å². The molecule has 3 rings (SSSR count). The molecule has 204 valence electrons.